The van der Waals surface area contributed by atoms with Crippen LogP contribution in [0.5, 0.6) is 5.88 Å². The van der Waals surface area contributed by atoms with Gasteiger partial charge in [-0.2, -0.15) is 0 Å². The molecule has 5 heteroatoms. The number of likely N-dealkylation sites (tertiary alicyclic amines) is 1. The Balaban J connectivity index is 2.02. The van der Waals surface area contributed by atoms with Crippen LogP contribution in [0.4, 0.5) is 0 Å². The Morgan fingerprint density at radius 1 is 1.29 bits per heavy atom. The average Bonchev–Trinajstić information content (AvgIpc) is 2.44. The quantitative estimate of drug-likeness (QED) is 0.783. The summed E-state index contributed by atoms with van der Waals surface area (Å²) in [4.78, 5) is 7.01. The Kier molecular flexibility index (Phi) is 5.41. The largest absolute Gasteiger partial charge is 0.481 e. The minimum atomic E-state index is -1.43. The topological polar surface area (TPSA) is 34.6 Å². The lowest BCUT2D eigenvalue weighted by molar-refractivity contribution is 0.131. The van der Waals surface area contributed by atoms with Gasteiger partial charge >= 0.3 is 0 Å². The highest BCUT2D eigenvalue weighted by Gasteiger charge is 2.28. The highest BCUT2D eigenvalue weighted by Crippen LogP contribution is 2.30. The Bertz CT molecular complexity index is 462. The molecule has 0 amide bonds. The maximum Gasteiger partial charge on any atom is 0.213 e. The molecule has 2 atom stereocenters. The highest BCUT2D eigenvalue weighted by molar-refractivity contribution is 6.69. The number of pyridine rings is 1. The van der Waals surface area contributed by atoms with E-state index in [4.69, 9.17) is 9.16 Å². The third-order valence-electron chi connectivity index (χ3n) is 3.84. The standard InChI is InChI=1S/C16H28N2O2Si/c1-18-10-13(12-20-21(3,4)5)9-14(11-18)15-7-6-8-16(17-15)19-2/h6-8,13-14H,9-12H2,1-5H3/t13-,14+/m0/s1. The van der Waals surface area contributed by atoms with Gasteiger partial charge in [0.1, 0.15) is 0 Å². The molecule has 0 aliphatic carbocycles. The van der Waals surface area contributed by atoms with Crippen molar-refractivity contribution in [3.8, 4) is 5.88 Å². The fourth-order valence-electron chi connectivity index (χ4n) is 2.92. The van der Waals surface area contributed by atoms with Gasteiger partial charge in [-0.3, -0.25) is 0 Å². The predicted molar refractivity (Wildman–Crippen MR) is 88.4 cm³/mol. The van der Waals surface area contributed by atoms with Crippen molar-refractivity contribution in [1.29, 1.82) is 0 Å². The van der Waals surface area contributed by atoms with Gasteiger partial charge in [-0.1, -0.05) is 6.07 Å². The fourth-order valence-corrected chi connectivity index (χ4v) is 3.65. The second kappa shape index (κ2) is 6.90. The summed E-state index contributed by atoms with van der Waals surface area (Å²) in [5, 5.41) is 0. The van der Waals surface area contributed by atoms with Crippen LogP contribution in [0.3, 0.4) is 0 Å². The van der Waals surface area contributed by atoms with Gasteiger partial charge in [0.2, 0.25) is 5.88 Å². The van der Waals surface area contributed by atoms with E-state index in [-0.39, 0.29) is 0 Å². The molecule has 4 nitrogen and oxygen atoms in total. The van der Waals surface area contributed by atoms with E-state index in [1.54, 1.807) is 7.11 Å². The van der Waals surface area contributed by atoms with Gasteiger partial charge in [0.05, 0.1) is 7.11 Å². The lowest BCUT2D eigenvalue weighted by Gasteiger charge is -2.36. The van der Waals surface area contributed by atoms with Crippen molar-refractivity contribution in [1.82, 2.24) is 9.88 Å². The van der Waals surface area contributed by atoms with E-state index in [2.05, 4.69) is 42.6 Å². The second-order valence-electron chi connectivity index (χ2n) is 7.05. The lowest BCUT2D eigenvalue weighted by Crippen LogP contribution is -2.40. The summed E-state index contributed by atoms with van der Waals surface area (Å²) >= 11 is 0. The minimum Gasteiger partial charge on any atom is -0.481 e. The molecule has 0 N–H and O–H groups in total. The number of likely N-dealkylation sites (N-methyl/N-ethyl adjacent to an activating group) is 1. The summed E-state index contributed by atoms with van der Waals surface area (Å²) in [7, 11) is 2.43. The van der Waals surface area contributed by atoms with E-state index in [1.165, 1.54) is 0 Å². The van der Waals surface area contributed by atoms with E-state index >= 15 is 0 Å². The van der Waals surface area contributed by atoms with Crippen molar-refractivity contribution in [3.63, 3.8) is 0 Å². The zero-order valence-electron chi connectivity index (χ0n) is 13.9. The molecule has 0 spiro atoms. The smallest absolute Gasteiger partial charge is 0.213 e. The molecule has 2 heterocycles. The van der Waals surface area contributed by atoms with Crippen molar-refractivity contribution >= 4 is 8.32 Å². The van der Waals surface area contributed by atoms with Crippen LogP contribution >= 0.6 is 0 Å². The number of hydrogen-bond donors (Lipinski definition) is 0. The fraction of sp³-hybridized carbons (Fsp3) is 0.688. The molecule has 0 bridgehead atoms. The van der Waals surface area contributed by atoms with Crippen LogP contribution in [0.1, 0.15) is 18.0 Å². The summed E-state index contributed by atoms with van der Waals surface area (Å²) in [6.45, 7) is 9.80. The third-order valence-corrected chi connectivity index (χ3v) is 4.88. The molecular weight excluding hydrogens is 280 g/mol. The van der Waals surface area contributed by atoms with E-state index in [9.17, 15) is 0 Å². The van der Waals surface area contributed by atoms with Crippen LogP contribution in [0, 0.1) is 5.92 Å². The molecule has 21 heavy (non-hydrogen) atoms. The number of rotatable bonds is 5. The van der Waals surface area contributed by atoms with Gasteiger partial charge in [-0.25, -0.2) is 4.98 Å². The molecule has 2 rings (SSSR count). The highest BCUT2D eigenvalue weighted by atomic mass is 28.4. The summed E-state index contributed by atoms with van der Waals surface area (Å²) in [6, 6.07) is 6.05. The normalized spacial score (nSPS) is 24.0. The van der Waals surface area contributed by atoms with Crippen LogP contribution in [0.2, 0.25) is 19.6 Å². The molecule has 1 aromatic heterocycles. The first-order valence-corrected chi connectivity index (χ1v) is 11.1. The monoisotopic (exact) mass is 308 g/mol. The molecule has 0 aromatic carbocycles. The van der Waals surface area contributed by atoms with Crippen molar-refractivity contribution < 1.29 is 9.16 Å². The molecule has 0 unspecified atom stereocenters. The molecular formula is C16H28N2O2Si. The van der Waals surface area contributed by atoms with Crippen LogP contribution in [0.15, 0.2) is 18.2 Å². The van der Waals surface area contributed by atoms with Gasteiger partial charge in [0, 0.05) is 37.4 Å². The maximum atomic E-state index is 6.11. The van der Waals surface area contributed by atoms with E-state index in [1.807, 2.05) is 12.1 Å². The first kappa shape index (κ1) is 16.5. The third kappa shape index (κ3) is 5.09. The first-order valence-electron chi connectivity index (χ1n) is 7.71. The van der Waals surface area contributed by atoms with Gasteiger partial charge in [0.15, 0.2) is 8.32 Å². The maximum absolute atomic E-state index is 6.11. The summed E-state index contributed by atoms with van der Waals surface area (Å²) in [5.74, 6) is 1.76. The Morgan fingerprint density at radius 2 is 2.05 bits per heavy atom. The van der Waals surface area contributed by atoms with Gasteiger partial charge in [-0.05, 0) is 45.1 Å². The summed E-state index contributed by atoms with van der Waals surface area (Å²) < 4.78 is 11.4. The van der Waals surface area contributed by atoms with Crippen molar-refractivity contribution in [2.45, 2.75) is 32.0 Å². The van der Waals surface area contributed by atoms with Gasteiger partial charge < -0.3 is 14.1 Å². The van der Waals surface area contributed by atoms with Gasteiger partial charge in [-0.15, -0.1) is 0 Å². The molecule has 1 aliphatic rings. The zero-order valence-corrected chi connectivity index (χ0v) is 14.9. The van der Waals surface area contributed by atoms with E-state index in [0.29, 0.717) is 17.7 Å². The number of methoxy groups -OCH3 is 1. The van der Waals surface area contributed by atoms with Crippen LogP contribution < -0.4 is 4.74 Å². The van der Waals surface area contributed by atoms with Crippen molar-refractivity contribution in [2.75, 3.05) is 33.9 Å². The number of piperidine rings is 1. The zero-order chi connectivity index (χ0) is 15.5. The summed E-state index contributed by atoms with van der Waals surface area (Å²) in [6.07, 6.45) is 1.15. The summed E-state index contributed by atoms with van der Waals surface area (Å²) in [5.41, 5.74) is 1.14. The van der Waals surface area contributed by atoms with Crippen LogP contribution in [-0.2, 0) is 4.43 Å². The lowest BCUT2D eigenvalue weighted by atomic mass is 9.87. The molecule has 0 saturated carbocycles. The Morgan fingerprint density at radius 3 is 2.71 bits per heavy atom. The number of aromatic nitrogens is 1. The number of nitrogens with zero attached hydrogens (tertiary/aromatic N) is 2. The average molecular weight is 308 g/mol. The second-order valence-corrected chi connectivity index (χ2v) is 11.6. The van der Waals surface area contributed by atoms with E-state index < -0.39 is 8.32 Å². The van der Waals surface area contributed by atoms with Crippen molar-refractivity contribution in [3.05, 3.63) is 23.9 Å². The van der Waals surface area contributed by atoms with E-state index in [0.717, 1.165) is 31.8 Å². The van der Waals surface area contributed by atoms with Gasteiger partial charge in [0.25, 0.3) is 0 Å². The number of ether oxygens (including phenoxy) is 1. The molecule has 0 radical (unpaired) electrons. The molecule has 118 valence electrons. The molecule has 1 fully saturated rings. The van der Waals surface area contributed by atoms with Crippen LogP contribution in [-0.4, -0.2) is 52.1 Å². The molecule has 1 aliphatic heterocycles. The minimum absolute atomic E-state index is 0.467. The predicted octanol–water partition coefficient (Wildman–Crippen LogP) is 2.98. The SMILES string of the molecule is COc1cccc([C@@H]2C[C@H](CO[Si](C)(C)C)CN(C)C2)n1. The Hall–Kier alpha value is -0.913. The number of hydrogen-bond acceptors (Lipinski definition) is 4. The molecule has 1 aromatic rings. The molecule has 1 saturated heterocycles. The Labute approximate surface area is 129 Å². The van der Waals surface area contributed by atoms with Crippen molar-refractivity contribution in [2.24, 2.45) is 5.92 Å². The van der Waals surface area contributed by atoms with Crippen LogP contribution in [0.25, 0.3) is 0 Å². The first-order chi connectivity index (χ1) is 9.87.